The number of rotatable bonds is 3. The van der Waals surface area contributed by atoms with Crippen molar-refractivity contribution in [3.63, 3.8) is 0 Å². The third kappa shape index (κ3) is 1.99. The van der Waals surface area contributed by atoms with Gasteiger partial charge in [-0.2, -0.15) is 0 Å². The second-order valence-corrected chi connectivity index (χ2v) is 5.49. The van der Waals surface area contributed by atoms with Crippen LogP contribution in [-0.2, 0) is 10.0 Å². The number of carbonyl (C=O) groups excluding carboxylic acids is 1. The van der Waals surface area contributed by atoms with Gasteiger partial charge in [0, 0.05) is 14.1 Å². The molecule has 0 spiro atoms. The molecule has 1 aromatic carbocycles. The molecule has 0 N–H and O–H groups in total. The topological polar surface area (TPSA) is 54.5 Å². The van der Waals surface area contributed by atoms with E-state index in [0.717, 1.165) is 14.1 Å². The van der Waals surface area contributed by atoms with Crippen LogP contribution in [0.3, 0.4) is 0 Å². The van der Waals surface area contributed by atoms with Gasteiger partial charge in [0.2, 0.25) is 10.0 Å². The standard InChI is InChI=1S/C9H7F4NO3S/c1-14(2)18(16,17)9-4(3-15)5(10)6(11)7(12)8(9)13/h3H,1-2H3. The first-order chi connectivity index (χ1) is 8.16. The van der Waals surface area contributed by atoms with Gasteiger partial charge in [0.15, 0.2) is 29.6 Å². The zero-order valence-electron chi connectivity index (χ0n) is 9.17. The lowest BCUT2D eigenvalue weighted by molar-refractivity contribution is 0.111. The third-order valence-corrected chi connectivity index (χ3v) is 3.99. The summed E-state index contributed by atoms with van der Waals surface area (Å²) in [5, 5.41) is 0. The molecule has 100 valence electrons. The molecule has 0 bridgehead atoms. The van der Waals surface area contributed by atoms with Crippen LogP contribution < -0.4 is 0 Å². The summed E-state index contributed by atoms with van der Waals surface area (Å²) in [6.45, 7) is 0. The van der Waals surface area contributed by atoms with Crippen molar-refractivity contribution >= 4 is 16.3 Å². The van der Waals surface area contributed by atoms with Gasteiger partial charge in [-0.1, -0.05) is 0 Å². The molecule has 4 nitrogen and oxygen atoms in total. The highest BCUT2D eigenvalue weighted by atomic mass is 32.2. The number of benzene rings is 1. The third-order valence-electron chi connectivity index (χ3n) is 2.12. The molecule has 1 aromatic rings. The number of sulfonamides is 1. The maximum absolute atomic E-state index is 13.4. The molecule has 0 aliphatic heterocycles. The normalized spacial score (nSPS) is 11.9. The van der Waals surface area contributed by atoms with Gasteiger partial charge < -0.3 is 0 Å². The highest BCUT2D eigenvalue weighted by Gasteiger charge is 2.33. The zero-order valence-corrected chi connectivity index (χ0v) is 9.99. The average molecular weight is 285 g/mol. The SMILES string of the molecule is CN(C)S(=O)(=O)c1c(F)c(F)c(F)c(F)c1C=O. The van der Waals surface area contributed by atoms with Crippen molar-refractivity contribution in [2.24, 2.45) is 0 Å². The maximum atomic E-state index is 13.4. The maximum Gasteiger partial charge on any atom is 0.246 e. The van der Waals surface area contributed by atoms with Gasteiger partial charge in [0.25, 0.3) is 0 Å². The molecule has 18 heavy (non-hydrogen) atoms. The van der Waals surface area contributed by atoms with Crippen LogP contribution in [0.25, 0.3) is 0 Å². The number of hydrogen-bond donors (Lipinski definition) is 0. The summed E-state index contributed by atoms with van der Waals surface area (Å²) >= 11 is 0. The first kappa shape index (κ1) is 14.6. The fourth-order valence-corrected chi connectivity index (χ4v) is 2.27. The van der Waals surface area contributed by atoms with Crippen LogP contribution in [0.5, 0.6) is 0 Å². The minimum atomic E-state index is -4.63. The van der Waals surface area contributed by atoms with E-state index >= 15 is 0 Å². The summed E-state index contributed by atoms with van der Waals surface area (Å²) in [6.07, 6.45) is -0.392. The smallest absolute Gasteiger partial charge is 0.246 e. The van der Waals surface area contributed by atoms with E-state index in [4.69, 9.17) is 0 Å². The summed E-state index contributed by atoms with van der Waals surface area (Å²) < 4.78 is 76.1. The fraction of sp³-hybridized carbons (Fsp3) is 0.222. The predicted octanol–water partition coefficient (Wildman–Crippen LogP) is 1.31. The van der Waals surface area contributed by atoms with E-state index in [1.165, 1.54) is 0 Å². The van der Waals surface area contributed by atoms with Crippen molar-refractivity contribution in [3.8, 4) is 0 Å². The van der Waals surface area contributed by atoms with Crippen LogP contribution in [0, 0.1) is 23.3 Å². The minimum absolute atomic E-state index is 0.392. The molecular formula is C9H7F4NO3S. The zero-order chi connectivity index (χ0) is 14.2. The van der Waals surface area contributed by atoms with Crippen LogP contribution in [-0.4, -0.2) is 33.1 Å². The van der Waals surface area contributed by atoms with Crippen molar-refractivity contribution in [1.29, 1.82) is 0 Å². The van der Waals surface area contributed by atoms with Crippen LogP contribution >= 0.6 is 0 Å². The summed E-state index contributed by atoms with van der Waals surface area (Å²) in [6, 6.07) is 0. The van der Waals surface area contributed by atoms with E-state index in [-0.39, 0.29) is 0 Å². The lowest BCUT2D eigenvalue weighted by Gasteiger charge is -2.14. The second kappa shape index (κ2) is 4.65. The molecule has 9 heteroatoms. The predicted molar refractivity (Wildman–Crippen MR) is 52.5 cm³/mol. The number of hydrogen-bond acceptors (Lipinski definition) is 3. The Morgan fingerprint density at radius 2 is 1.39 bits per heavy atom. The average Bonchev–Trinajstić information content (AvgIpc) is 2.30. The first-order valence-electron chi connectivity index (χ1n) is 4.39. The van der Waals surface area contributed by atoms with Gasteiger partial charge in [0.1, 0.15) is 4.90 Å². The Hall–Kier alpha value is -1.48. The Morgan fingerprint density at radius 3 is 1.78 bits per heavy atom. The van der Waals surface area contributed by atoms with Gasteiger partial charge in [-0.3, -0.25) is 4.79 Å². The highest BCUT2D eigenvalue weighted by Crippen LogP contribution is 2.28. The van der Waals surface area contributed by atoms with Gasteiger partial charge >= 0.3 is 0 Å². The van der Waals surface area contributed by atoms with E-state index in [2.05, 4.69) is 0 Å². The first-order valence-corrected chi connectivity index (χ1v) is 5.83. The number of carbonyl (C=O) groups is 1. The quantitative estimate of drug-likeness (QED) is 0.364. The largest absolute Gasteiger partial charge is 0.298 e. The van der Waals surface area contributed by atoms with Crippen LogP contribution in [0.1, 0.15) is 10.4 Å². The Morgan fingerprint density at radius 1 is 0.944 bits per heavy atom. The summed E-state index contributed by atoms with van der Waals surface area (Å²) in [5.41, 5.74) is -1.39. The molecule has 0 atom stereocenters. The Bertz CT molecular complexity index is 613. The van der Waals surface area contributed by atoms with Crippen molar-refractivity contribution in [2.45, 2.75) is 4.90 Å². The van der Waals surface area contributed by atoms with Crippen LogP contribution in [0.15, 0.2) is 4.90 Å². The van der Waals surface area contributed by atoms with E-state index < -0.39 is 50.0 Å². The van der Waals surface area contributed by atoms with Crippen molar-refractivity contribution in [2.75, 3.05) is 14.1 Å². The Kier molecular flexibility index (Phi) is 3.77. The molecule has 0 heterocycles. The van der Waals surface area contributed by atoms with E-state index in [1.54, 1.807) is 0 Å². The lowest BCUT2D eigenvalue weighted by atomic mass is 10.2. The summed E-state index contributed by atoms with van der Waals surface area (Å²) in [5.74, 6) is -8.72. The molecular weight excluding hydrogens is 278 g/mol. The van der Waals surface area contributed by atoms with Gasteiger partial charge in [-0.05, 0) is 0 Å². The van der Waals surface area contributed by atoms with Gasteiger partial charge in [-0.25, -0.2) is 30.3 Å². The van der Waals surface area contributed by atoms with E-state index in [0.29, 0.717) is 4.31 Å². The summed E-state index contributed by atoms with van der Waals surface area (Å²) in [7, 11) is -2.71. The molecule has 0 radical (unpaired) electrons. The van der Waals surface area contributed by atoms with Crippen molar-refractivity contribution in [1.82, 2.24) is 4.31 Å². The van der Waals surface area contributed by atoms with Crippen LogP contribution in [0.4, 0.5) is 17.6 Å². The molecule has 0 aromatic heterocycles. The number of halogens is 4. The van der Waals surface area contributed by atoms with E-state index in [9.17, 15) is 30.8 Å². The molecule has 0 saturated carbocycles. The van der Waals surface area contributed by atoms with Crippen molar-refractivity contribution < 1.29 is 30.8 Å². The fourth-order valence-electron chi connectivity index (χ4n) is 1.17. The Balaban J connectivity index is 3.91. The number of aldehydes is 1. The van der Waals surface area contributed by atoms with E-state index in [1.807, 2.05) is 0 Å². The van der Waals surface area contributed by atoms with Crippen LogP contribution in [0.2, 0.25) is 0 Å². The molecule has 0 unspecified atom stereocenters. The molecule has 0 aliphatic rings. The monoisotopic (exact) mass is 285 g/mol. The van der Waals surface area contributed by atoms with Gasteiger partial charge in [-0.15, -0.1) is 0 Å². The Labute approximate surface area is 99.9 Å². The van der Waals surface area contributed by atoms with Crippen molar-refractivity contribution in [3.05, 3.63) is 28.8 Å². The molecule has 0 saturated heterocycles. The lowest BCUT2D eigenvalue weighted by Crippen LogP contribution is -2.26. The molecule has 0 amide bonds. The second-order valence-electron chi connectivity index (χ2n) is 3.40. The van der Waals surface area contributed by atoms with Gasteiger partial charge in [0.05, 0.1) is 5.56 Å². The molecule has 0 fully saturated rings. The highest BCUT2D eigenvalue weighted by molar-refractivity contribution is 7.89. The number of nitrogens with zero attached hydrogens (tertiary/aromatic N) is 1. The summed E-state index contributed by atoms with van der Waals surface area (Å²) in [4.78, 5) is 9.03. The minimum Gasteiger partial charge on any atom is -0.298 e. The molecule has 0 aliphatic carbocycles. The molecule has 1 rings (SSSR count).